The van der Waals surface area contributed by atoms with Crippen molar-refractivity contribution in [1.29, 1.82) is 0 Å². The Kier molecular flexibility index (Phi) is 7.49. The van der Waals surface area contributed by atoms with Crippen LogP contribution in [-0.4, -0.2) is 56.7 Å². The number of piperazine rings is 1. The highest BCUT2D eigenvalue weighted by molar-refractivity contribution is 6.32. The van der Waals surface area contributed by atoms with Gasteiger partial charge in [0.05, 0.1) is 18.1 Å². The van der Waals surface area contributed by atoms with E-state index in [0.717, 1.165) is 45.7 Å². The Morgan fingerprint density at radius 2 is 2.09 bits per heavy atom. The molecule has 1 amide bonds. The second-order valence-corrected chi connectivity index (χ2v) is 5.73. The number of nitrogens with zero attached hydrogens (tertiary/aromatic N) is 1. The lowest BCUT2D eigenvalue weighted by atomic mass is 10.3. The highest BCUT2D eigenvalue weighted by atomic mass is 35.5. The van der Waals surface area contributed by atoms with Gasteiger partial charge in [-0.05, 0) is 25.1 Å². The summed E-state index contributed by atoms with van der Waals surface area (Å²) in [4.78, 5) is 14.1. The average Bonchev–Trinajstić information content (AvgIpc) is 2.54. The number of ether oxygens (including phenoxy) is 1. The van der Waals surface area contributed by atoms with Gasteiger partial charge in [-0.25, -0.2) is 0 Å². The SMILES string of the molecule is O=C(CCOc1ccccc1Cl)NCCCN1CCNCC1. The molecular formula is C16H24ClN3O2. The van der Waals surface area contributed by atoms with Crippen LogP contribution in [0.3, 0.4) is 0 Å². The maximum Gasteiger partial charge on any atom is 0.223 e. The van der Waals surface area contributed by atoms with Gasteiger partial charge in [-0.2, -0.15) is 0 Å². The zero-order valence-electron chi connectivity index (χ0n) is 12.8. The fourth-order valence-electron chi connectivity index (χ4n) is 2.37. The van der Waals surface area contributed by atoms with Crippen LogP contribution >= 0.6 is 11.6 Å². The normalized spacial score (nSPS) is 15.5. The second kappa shape index (κ2) is 9.66. The Morgan fingerprint density at radius 3 is 2.86 bits per heavy atom. The van der Waals surface area contributed by atoms with Crippen LogP contribution in [0.2, 0.25) is 5.02 Å². The number of carbonyl (C=O) groups excluding carboxylic acids is 1. The Hall–Kier alpha value is -1.30. The van der Waals surface area contributed by atoms with Crippen molar-refractivity contribution < 1.29 is 9.53 Å². The van der Waals surface area contributed by atoms with Gasteiger partial charge >= 0.3 is 0 Å². The third-order valence-electron chi connectivity index (χ3n) is 3.61. The average molecular weight is 326 g/mol. The number of benzene rings is 1. The van der Waals surface area contributed by atoms with Crippen molar-refractivity contribution in [2.24, 2.45) is 0 Å². The van der Waals surface area contributed by atoms with E-state index in [1.165, 1.54) is 0 Å². The lowest BCUT2D eigenvalue weighted by Crippen LogP contribution is -2.44. The molecule has 1 aliphatic rings. The van der Waals surface area contributed by atoms with Gasteiger partial charge in [0.2, 0.25) is 5.91 Å². The summed E-state index contributed by atoms with van der Waals surface area (Å²) in [6, 6.07) is 7.28. The van der Waals surface area contributed by atoms with E-state index in [-0.39, 0.29) is 5.91 Å². The summed E-state index contributed by atoms with van der Waals surface area (Å²) in [5.41, 5.74) is 0. The number of carbonyl (C=O) groups is 1. The molecule has 1 heterocycles. The van der Waals surface area contributed by atoms with Gasteiger partial charge in [-0.1, -0.05) is 23.7 Å². The molecule has 1 aromatic rings. The van der Waals surface area contributed by atoms with Gasteiger partial charge in [-0.15, -0.1) is 0 Å². The van der Waals surface area contributed by atoms with Crippen molar-refractivity contribution in [1.82, 2.24) is 15.5 Å². The molecule has 2 N–H and O–H groups in total. The summed E-state index contributed by atoms with van der Waals surface area (Å²) in [7, 11) is 0. The largest absolute Gasteiger partial charge is 0.491 e. The first kappa shape index (κ1) is 17.1. The molecule has 0 radical (unpaired) electrons. The molecule has 22 heavy (non-hydrogen) atoms. The molecule has 0 bridgehead atoms. The second-order valence-electron chi connectivity index (χ2n) is 5.32. The molecular weight excluding hydrogens is 302 g/mol. The van der Waals surface area contributed by atoms with Crippen LogP contribution < -0.4 is 15.4 Å². The number of halogens is 1. The van der Waals surface area contributed by atoms with Crippen molar-refractivity contribution >= 4 is 17.5 Å². The van der Waals surface area contributed by atoms with Crippen LogP contribution in [0.4, 0.5) is 0 Å². The molecule has 6 heteroatoms. The van der Waals surface area contributed by atoms with Gasteiger partial charge < -0.3 is 20.3 Å². The van der Waals surface area contributed by atoms with E-state index >= 15 is 0 Å². The molecule has 0 aliphatic carbocycles. The summed E-state index contributed by atoms with van der Waals surface area (Å²) < 4.78 is 5.50. The Bertz CT molecular complexity index is 464. The molecule has 1 aliphatic heterocycles. The van der Waals surface area contributed by atoms with E-state index in [4.69, 9.17) is 16.3 Å². The minimum Gasteiger partial charge on any atom is -0.491 e. The van der Waals surface area contributed by atoms with Gasteiger partial charge in [0, 0.05) is 32.7 Å². The molecule has 5 nitrogen and oxygen atoms in total. The number of nitrogens with one attached hydrogen (secondary N) is 2. The van der Waals surface area contributed by atoms with Gasteiger partial charge in [0.15, 0.2) is 0 Å². The highest BCUT2D eigenvalue weighted by Crippen LogP contribution is 2.22. The van der Waals surface area contributed by atoms with Crippen LogP contribution in [0.1, 0.15) is 12.8 Å². The maximum absolute atomic E-state index is 11.7. The van der Waals surface area contributed by atoms with Crippen LogP contribution in [0.5, 0.6) is 5.75 Å². The Balaban J connectivity index is 1.51. The van der Waals surface area contributed by atoms with E-state index < -0.39 is 0 Å². The number of amides is 1. The molecule has 0 saturated carbocycles. The quantitative estimate of drug-likeness (QED) is 0.712. The summed E-state index contributed by atoms with van der Waals surface area (Å²) in [6.45, 7) is 6.41. The van der Waals surface area contributed by atoms with Crippen LogP contribution in [-0.2, 0) is 4.79 Å². The lowest BCUT2D eigenvalue weighted by Gasteiger charge is -2.27. The van der Waals surface area contributed by atoms with E-state index in [0.29, 0.717) is 23.8 Å². The predicted molar refractivity (Wildman–Crippen MR) is 88.5 cm³/mol. The van der Waals surface area contributed by atoms with E-state index in [2.05, 4.69) is 15.5 Å². The van der Waals surface area contributed by atoms with Crippen molar-refractivity contribution in [2.45, 2.75) is 12.8 Å². The zero-order chi connectivity index (χ0) is 15.6. The Morgan fingerprint density at radius 1 is 1.32 bits per heavy atom. The number of hydrogen-bond acceptors (Lipinski definition) is 4. The third kappa shape index (κ3) is 6.22. The molecule has 1 aromatic carbocycles. The standard InChI is InChI=1S/C16H24ClN3O2/c17-14-4-1-2-5-15(14)22-13-6-16(21)19-7-3-10-20-11-8-18-9-12-20/h1-2,4-5,18H,3,6-13H2,(H,19,21). The zero-order valence-corrected chi connectivity index (χ0v) is 13.6. The van der Waals surface area contributed by atoms with Gasteiger partial charge in [-0.3, -0.25) is 4.79 Å². The van der Waals surface area contributed by atoms with Crippen molar-refractivity contribution in [3.63, 3.8) is 0 Å². The molecule has 122 valence electrons. The molecule has 0 aromatic heterocycles. The first-order chi connectivity index (χ1) is 10.8. The van der Waals surface area contributed by atoms with Crippen molar-refractivity contribution in [3.05, 3.63) is 29.3 Å². The number of hydrogen-bond donors (Lipinski definition) is 2. The molecule has 0 spiro atoms. The molecule has 0 unspecified atom stereocenters. The molecule has 0 atom stereocenters. The molecule has 2 rings (SSSR count). The fraction of sp³-hybridized carbons (Fsp3) is 0.562. The van der Waals surface area contributed by atoms with Crippen molar-refractivity contribution in [3.8, 4) is 5.75 Å². The fourth-order valence-corrected chi connectivity index (χ4v) is 2.56. The van der Waals surface area contributed by atoms with Crippen molar-refractivity contribution in [2.75, 3.05) is 45.9 Å². The number of para-hydroxylation sites is 1. The van der Waals surface area contributed by atoms with E-state index in [9.17, 15) is 4.79 Å². The summed E-state index contributed by atoms with van der Waals surface area (Å²) in [5.74, 6) is 0.642. The van der Waals surface area contributed by atoms with E-state index in [1.54, 1.807) is 12.1 Å². The summed E-state index contributed by atoms with van der Waals surface area (Å²) >= 11 is 5.98. The van der Waals surface area contributed by atoms with E-state index in [1.807, 2.05) is 12.1 Å². The summed E-state index contributed by atoms with van der Waals surface area (Å²) in [6.07, 6.45) is 1.33. The third-order valence-corrected chi connectivity index (χ3v) is 3.92. The Labute approximate surface area is 137 Å². The number of rotatable bonds is 8. The molecule has 1 fully saturated rings. The maximum atomic E-state index is 11.7. The smallest absolute Gasteiger partial charge is 0.223 e. The lowest BCUT2D eigenvalue weighted by molar-refractivity contribution is -0.121. The predicted octanol–water partition coefficient (Wildman–Crippen LogP) is 1.52. The van der Waals surface area contributed by atoms with Crippen LogP contribution in [0.15, 0.2) is 24.3 Å². The minimum atomic E-state index is 0.0207. The van der Waals surface area contributed by atoms with Gasteiger partial charge in [0.25, 0.3) is 0 Å². The van der Waals surface area contributed by atoms with Gasteiger partial charge in [0.1, 0.15) is 5.75 Å². The van der Waals surface area contributed by atoms with Crippen LogP contribution in [0, 0.1) is 0 Å². The first-order valence-electron chi connectivity index (χ1n) is 7.83. The van der Waals surface area contributed by atoms with Crippen LogP contribution in [0.25, 0.3) is 0 Å². The molecule has 1 saturated heterocycles. The summed E-state index contributed by atoms with van der Waals surface area (Å²) in [5, 5.41) is 6.83. The topological polar surface area (TPSA) is 53.6 Å². The minimum absolute atomic E-state index is 0.0207. The monoisotopic (exact) mass is 325 g/mol. The highest BCUT2D eigenvalue weighted by Gasteiger charge is 2.09. The first-order valence-corrected chi connectivity index (χ1v) is 8.20.